The lowest BCUT2D eigenvalue weighted by Gasteiger charge is -2.36. The Labute approximate surface area is 147 Å². The van der Waals surface area contributed by atoms with Crippen LogP contribution in [0.3, 0.4) is 0 Å². The van der Waals surface area contributed by atoms with Crippen LogP contribution in [0.25, 0.3) is 0 Å². The zero-order valence-electron chi connectivity index (χ0n) is 14.0. The Bertz CT molecular complexity index is 589. The molecule has 0 radical (unpaired) electrons. The van der Waals surface area contributed by atoms with Gasteiger partial charge in [-0.05, 0) is 45.5 Å². The van der Waals surface area contributed by atoms with Crippen molar-refractivity contribution in [3.8, 4) is 0 Å². The maximum absolute atomic E-state index is 11.0. The standard InChI is InChI=1S/C16H23N3O4.ClH/c1-12-13(4-3-5-15(12)19(22)23)10-18-8-6-14(7-9-18)17(2)11-16(20)21;/h3-5,14H,6-11H2,1-2H3,(H,20,21);1H. The molecule has 0 amide bonds. The van der Waals surface area contributed by atoms with E-state index in [2.05, 4.69) is 4.90 Å². The minimum Gasteiger partial charge on any atom is -0.480 e. The smallest absolute Gasteiger partial charge is 0.317 e. The molecule has 0 atom stereocenters. The average molecular weight is 358 g/mol. The maximum atomic E-state index is 11.0. The molecule has 0 aliphatic carbocycles. The average Bonchev–Trinajstić information content (AvgIpc) is 2.49. The third-order valence-electron chi connectivity index (χ3n) is 4.57. The minimum absolute atomic E-state index is 0. The van der Waals surface area contributed by atoms with Crippen LogP contribution in [0.5, 0.6) is 0 Å². The van der Waals surface area contributed by atoms with Gasteiger partial charge in [0.25, 0.3) is 5.69 Å². The van der Waals surface area contributed by atoms with E-state index in [1.54, 1.807) is 13.0 Å². The Balaban J connectivity index is 0.00000288. The van der Waals surface area contributed by atoms with Crippen LogP contribution in [0.1, 0.15) is 24.0 Å². The van der Waals surface area contributed by atoms with Gasteiger partial charge in [0.05, 0.1) is 11.5 Å². The van der Waals surface area contributed by atoms with Gasteiger partial charge in [0, 0.05) is 24.2 Å². The van der Waals surface area contributed by atoms with Crippen LogP contribution in [-0.4, -0.2) is 58.5 Å². The molecule has 1 aromatic rings. The molecular weight excluding hydrogens is 334 g/mol. The normalized spacial score (nSPS) is 16.0. The molecule has 1 fully saturated rings. The van der Waals surface area contributed by atoms with E-state index in [1.165, 1.54) is 6.07 Å². The summed E-state index contributed by atoms with van der Waals surface area (Å²) < 4.78 is 0. The second-order valence-electron chi connectivity index (χ2n) is 6.13. The van der Waals surface area contributed by atoms with Crippen molar-refractivity contribution in [2.45, 2.75) is 32.4 Å². The van der Waals surface area contributed by atoms with Crippen LogP contribution >= 0.6 is 12.4 Å². The van der Waals surface area contributed by atoms with E-state index in [4.69, 9.17) is 5.11 Å². The summed E-state index contributed by atoms with van der Waals surface area (Å²) in [5.41, 5.74) is 1.87. The molecule has 1 N–H and O–H groups in total. The van der Waals surface area contributed by atoms with Crippen molar-refractivity contribution >= 4 is 24.1 Å². The van der Waals surface area contributed by atoms with E-state index < -0.39 is 5.97 Å². The second kappa shape index (κ2) is 8.96. The van der Waals surface area contributed by atoms with Crippen molar-refractivity contribution in [2.75, 3.05) is 26.7 Å². The number of carboxylic acid groups (broad SMARTS) is 1. The van der Waals surface area contributed by atoms with Crippen LogP contribution < -0.4 is 0 Å². The first-order chi connectivity index (χ1) is 10.9. The zero-order chi connectivity index (χ0) is 17.0. The number of benzene rings is 1. The van der Waals surface area contributed by atoms with Crippen LogP contribution in [0.4, 0.5) is 5.69 Å². The summed E-state index contributed by atoms with van der Waals surface area (Å²) in [6.07, 6.45) is 1.83. The molecule has 1 aliphatic rings. The van der Waals surface area contributed by atoms with E-state index in [0.717, 1.165) is 37.1 Å². The number of nitro groups is 1. The van der Waals surface area contributed by atoms with Crippen molar-refractivity contribution < 1.29 is 14.8 Å². The van der Waals surface area contributed by atoms with Crippen molar-refractivity contribution in [1.29, 1.82) is 0 Å². The first-order valence-corrected chi connectivity index (χ1v) is 7.75. The first kappa shape index (κ1) is 20.3. The third kappa shape index (κ3) is 5.15. The lowest BCUT2D eigenvalue weighted by atomic mass is 10.0. The number of carbonyl (C=O) groups is 1. The number of piperidine rings is 1. The molecular formula is C16H24ClN3O4. The molecule has 1 aromatic carbocycles. The molecule has 0 spiro atoms. The number of halogens is 1. The summed E-state index contributed by atoms with van der Waals surface area (Å²) in [5, 5.41) is 19.9. The van der Waals surface area contributed by atoms with Crippen LogP contribution in [-0.2, 0) is 11.3 Å². The van der Waals surface area contributed by atoms with Gasteiger partial charge >= 0.3 is 5.97 Å². The number of likely N-dealkylation sites (N-methyl/N-ethyl adjacent to an activating group) is 1. The van der Waals surface area contributed by atoms with Crippen molar-refractivity contribution in [3.05, 3.63) is 39.4 Å². The lowest BCUT2D eigenvalue weighted by molar-refractivity contribution is -0.385. The Kier molecular flexibility index (Phi) is 7.59. The number of likely N-dealkylation sites (tertiary alicyclic amines) is 1. The molecule has 0 saturated carbocycles. The predicted octanol–water partition coefficient (Wildman–Crippen LogP) is 2.31. The van der Waals surface area contributed by atoms with Crippen molar-refractivity contribution in [1.82, 2.24) is 9.80 Å². The number of nitro benzene ring substituents is 1. The van der Waals surface area contributed by atoms with Gasteiger partial charge < -0.3 is 5.11 Å². The molecule has 7 nitrogen and oxygen atoms in total. The van der Waals surface area contributed by atoms with E-state index >= 15 is 0 Å². The molecule has 0 bridgehead atoms. The summed E-state index contributed by atoms with van der Waals surface area (Å²) >= 11 is 0. The highest BCUT2D eigenvalue weighted by Gasteiger charge is 2.24. The maximum Gasteiger partial charge on any atom is 0.317 e. The molecule has 0 unspecified atom stereocenters. The second-order valence-corrected chi connectivity index (χ2v) is 6.13. The van der Waals surface area contributed by atoms with E-state index in [-0.39, 0.29) is 35.6 Å². The highest BCUT2D eigenvalue weighted by Crippen LogP contribution is 2.24. The van der Waals surface area contributed by atoms with Crippen molar-refractivity contribution in [3.63, 3.8) is 0 Å². The SMILES string of the molecule is Cc1c(CN2CCC(N(C)CC(=O)O)CC2)cccc1[N+](=O)[O-].Cl. The van der Waals surface area contributed by atoms with Gasteiger partial charge in [0.2, 0.25) is 0 Å². The number of nitrogens with zero attached hydrogens (tertiary/aromatic N) is 3. The number of hydrogen-bond acceptors (Lipinski definition) is 5. The van der Waals surface area contributed by atoms with Gasteiger partial charge in [-0.2, -0.15) is 0 Å². The molecule has 134 valence electrons. The van der Waals surface area contributed by atoms with Crippen LogP contribution in [0.15, 0.2) is 18.2 Å². The van der Waals surface area contributed by atoms with Crippen LogP contribution in [0.2, 0.25) is 0 Å². The van der Waals surface area contributed by atoms with Gasteiger partial charge in [-0.1, -0.05) is 12.1 Å². The topological polar surface area (TPSA) is 86.9 Å². The Hall–Kier alpha value is -1.70. The Morgan fingerprint density at radius 2 is 2.04 bits per heavy atom. The largest absolute Gasteiger partial charge is 0.480 e. The molecule has 1 saturated heterocycles. The summed E-state index contributed by atoms with van der Waals surface area (Å²) in [4.78, 5) is 25.6. The van der Waals surface area contributed by atoms with Gasteiger partial charge in [-0.25, -0.2) is 0 Å². The van der Waals surface area contributed by atoms with Crippen LogP contribution in [0, 0.1) is 17.0 Å². The quantitative estimate of drug-likeness (QED) is 0.621. The first-order valence-electron chi connectivity index (χ1n) is 7.75. The fraction of sp³-hybridized carbons (Fsp3) is 0.562. The Morgan fingerprint density at radius 1 is 1.42 bits per heavy atom. The predicted molar refractivity (Wildman–Crippen MR) is 93.6 cm³/mol. The summed E-state index contributed by atoms with van der Waals surface area (Å²) in [6, 6.07) is 5.48. The zero-order valence-corrected chi connectivity index (χ0v) is 14.8. The van der Waals surface area contributed by atoms with E-state index in [9.17, 15) is 14.9 Å². The molecule has 1 aliphatic heterocycles. The fourth-order valence-corrected chi connectivity index (χ4v) is 3.14. The van der Waals surface area contributed by atoms with Gasteiger partial charge in [0.15, 0.2) is 0 Å². The van der Waals surface area contributed by atoms with E-state index in [0.29, 0.717) is 6.54 Å². The number of carboxylic acids is 1. The summed E-state index contributed by atoms with van der Waals surface area (Å²) in [7, 11) is 1.85. The Morgan fingerprint density at radius 3 is 2.58 bits per heavy atom. The number of aliphatic carboxylic acids is 1. The minimum atomic E-state index is -0.804. The highest BCUT2D eigenvalue weighted by molar-refractivity contribution is 5.85. The molecule has 0 aromatic heterocycles. The number of hydrogen-bond donors (Lipinski definition) is 1. The third-order valence-corrected chi connectivity index (χ3v) is 4.57. The molecule has 2 rings (SSSR count). The van der Waals surface area contributed by atoms with Gasteiger partial charge in [-0.15, -0.1) is 12.4 Å². The van der Waals surface area contributed by atoms with Gasteiger partial charge in [0.1, 0.15) is 0 Å². The summed E-state index contributed by atoms with van der Waals surface area (Å²) in [6.45, 7) is 4.30. The lowest BCUT2D eigenvalue weighted by Crippen LogP contribution is -2.44. The monoisotopic (exact) mass is 357 g/mol. The molecule has 24 heavy (non-hydrogen) atoms. The fourth-order valence-electron chi connectivity index (χ4n) is 3.14. The van der Waals surface area contributed by atoms with Gasteiger partial charge in [-0.3, -0.25) is 24.7 Å². The summed E-state index contributed by atoms with van der Waals surface area (Å²) in [5.74, 6) is -0.804. The van der Waals surface area contributed by atoms with E-state index in [1.807, 2.05) is 18.0 Å². The molecule has 1 heterocycles. The molecule has 8 heteroatoms. The number of rotatable bonds is 6. The van der Waals surface area contributed by atoms with Crippen molar-refractivity contribution in [2.24, 2.45) is 0 Å². The highest BCUT2D eigenvalue weighted by atomic mass is 35.5.